The molecule has 4 aliphatic rings. The molecule has 1 nitrogen and oxygen atoms in total. The summed E-state index contributed by atoms with van der Waals surface area (Å²) in [5, 5.41) is 0. The standard InChI is InChI=1S/C61H45N/c1-59(2)49-28-13-11-25-47(49)57-53(59)32-18-33-55(57)62(38-35-36-45-43-23-7-12-27-48(43)60(3,4)54(45)37-38)56-34-17-26-46-44-24-10-16-31-52(44)61(58(46)56)50-29-14-8-21-41(50)39-19-5-6-20-40(39)42-22-9-15-30-51(42)61/h5-37H,1-4H3. The predicted octanol–water partition coefficient (Wildman–Crippen LogP) is 15.8. The molecule has 9 aromatic carbocycles. The maximum absolute atomic E-state index is 2.64. The number of nitrogens with zero attached hydrogens (tertiary/aromatic N) is 1. The second-order valence-corrected chi connectivity index (χ2v) is 18.7. The maximum Gasteiger partial charge on any atom is 0.0746 e. The number of hydrogen-bond acceptors (Lipinski definition) is 1. The Bertz CT molecular complexity index is 3310. The van der Waals surface area contributed by atoms with Crippen molar-refractivity contribution in [2.75, 3.05) is 4.90 Å². The van der Waals surface area contributed by atoms with Crippen LogP contribution in [0.2, 0.25) is 0 Å². The summed E-state index contributed by atoms with van der Waals surface area (Å²) in [5.41, 5.74) is 26.3. The van der Waals surface area contributed by atoms with Crippen molar-refractivity contribution >= 4 is 17.1 Å². The first kappa shape index (κ1) is 35.5. The van der Waals surface area contributed by atoms with Crippen LogP contribution in [0.5, 0.6) is 0 Å². The zero-order chi connectivity index (χ0) is 41.5. The van der Waals surface area contributed by atoms with Crippen molar-refractivity contribution in [2.45, 2.75) is 43.9 Å². The van der Waals surface area contributed by atoms with Gasteiger partial charge in [0, 0.05) is 27.6 Å². The van der Waals surface area contributed by atoms with Gasteiger partial charge >= 0.3 is 0 Å². The molecule has 4 aliphatic carbocycles. The fraction of sp³-hybridized carbons (Fsp3) is 0.115. The second kappa shape index (κ2) is 12.4. The van der Waals surface area contributed by atoms with Crippen molar-refractivity contribution in [3.8, 4) is 55.6 Å². The number of rotatable bonds is 3. The predicted molar refractivity (Wildman–Crippen MR) is 258 cm³/mol. The van der Waals surface area contributed by atoms with Gasteiger partial charge in [-0.25, -0.2) is 0 Å². The van der Waals surface area contributed by atoms with Crippen LogP contribution in [0.4, 0.5) is 17.1 Å². The minimum atomic E-state index is -0.645. The average Bonchev–Trinajstić information content (AvgIpc) is 3.81. The molecule has 0 unspecified atom stereocenters. The van der Waals surface area contributed by atoms with E-state index in [0.29, 0.717) is 0 Å². The molecular weight excluding hydrogens is 747 g/mol. The summed E-state index contributed by atoms with van der Waals surface area (Å²) in [6.07, 6.45) is 0. The normalized spacial score (nSPS) is 15.5. The number of benzene rings is 9. The summed E-state index contributed by atoms with van der Waals surface area (Å²) in [6, 6.07) is 76.2. The zero-order valence-corrected chi connectivity index (χ0v) is 35.5. The van der Waals surface area contributed by atoms with Crippen molar-refractivity contribution in [3.63, 3.8) is 0 Å². The highest BCUT2D eigenvalue weighted by Gasteiger charge is 2.52. The SMILES string of the molecule is CC1(C)c2ccccc2-c2ccc(N(c3cccc4c3-c3ccccc3C4(C)C)c3cccc4c3C3(c5ccccc5-c5ccccc5-c5ccccc53)c3ccccc3-4)cc21. The third kappa shape index (κ3) is 4.38. The monoisotopic (exact) mass is 791 g/mol. The molecule has 294 valence electrons. The molecule has 1 spiro atoms. The molecule has 0 radical (unpaired) electrons. The molecule has 0 heterocycles. The van der Waals surface area contributed by atoms with E-state index in [0.717, 1.165) is 0 Å². The first-order chi connectivity index (χ1) is 30.3. The van der Waals surface area contributed by atoms with E-state index in [1.165, 1.54) is 117 Å². The summed E-state index contributed by atoms with van der Waals surface area (Å²) in [6.45, 7) is 9.58. The van der Waals surface area contributed by atoms with Crippen molar-refractivity contribution in [3.05, 3.63) is 245 Å². The first-order valence-corrected chi connectivity index (χ1v) is 22.1. The number of anilines is 3. The lowest BCUT2D eigenvalue weighted by molar-refractivity contribution is 0.660. The Hall–Kier alpha value is -7.22. The molecule has 0 N–H and O–H groups in total. The third-order valence-electron chi connectivity index (χ3n) is 15.1. The average molecular weight is 792 g/mol. The molecule has 1 heteroatoms. The van der Waals surface area contributed by atoms with Crippen LogP contribution in [0.3, 0.4) is 0 Å². The Morgan fingerprint density at radius 3 is 1.27 bits per heavy atom. The van der Waals surface area contributed by atoms with Gasteiger partial charge in [-0.3, -0.25) is 0 Å². The Morgan fingerprint density at radius 2 is 0.677 bits per heavy atom. The van der Waals surface area contributed by atoms with E-state index in [9.17, 15) is 0 Å². The molecule has 0 aromatic heterocycles. The summed E-state index contributed by atoms with van der Waals surface area (Å²) in [5.74, 6) is 0. The van der Waals surface area contributed by atoms with E-state index in [-0.39, 0.29) is 10.8 Å². The van der Waals surface area contributed by atoms with Gasteiger partial charge in [0.25, 0.3) is 0 Å². The van der Waals surface area contributed by atoms with Crippen molar-refractivity contribution in [1.82, 2.24) is 0 Å². The lowest BCUT2D eigenvalue weighted by Crippen LogP contribution is -2.31. The van der Waals surface area contributed by atoms with Gasteiger partial charge in [-0.05, 0) is 113 Å². The lowest BCUT2D eigenvalue weighted by atomic mass is 9.65. The van der Waals surface area contributed by atoms with Crippen molar-refractivity contribution in [2.24, 2.45) is 0 Å². The molecule has 0 amide bonds. The largest absolute Gasteiger partial charge is 0.309 e. The van der Waals surface area contributed by atoms with Crippen LogP contribution in [0.15, 0.2) is 200 Å². The van der Waals surface area contributed by atoms with Gasteiger partial charge in [-0.1, -0.05) is 204 Å². The van der Waals surface area contributed by atoms with Crippen LogP contribution < -0.4 is 4.90 Å². The van der Waals surface area contributed by atoms with E-state index in [2.05, 4.69) is 233 Å². The molecule has 13 rings (SSSR count). The number of fused-ring (bicyclic) bond motifs is 18. The Morgan fingerprint density at radius 1 is 0.290 bits per heavy atom. The molecule has 0 saturated carbocycles. The quantitative estimate of drug-likeness (QED) is 0.172. The van der Waals surface area contributed by atoms with Crippen LogP contribution in [0.25, 0.3) is 55.6 Å². The Balaban J connectivity index is 1.19. The third-order valence-corrected chi connectivity index (χ3v) is 15.1. The first-order valence-electron chi connectivity index (χ1n) is 22.1. The fourth-order valence-electron chi connectivity index (χ4n) is 12.4. The van der Waals surface area contributed by atoms with Crippen LogP contribution >= 0.6 is 0 Å². The summed E-state index contributed by atoms with van der Waals surface area (Å²) in [4.78, 5) is 2.64. The smallest absolute Gasteiger partial charge is 0.0746 e. The van der Waals surface area contributed by atoms with Gasteiger partial charge in [0.15, 0.2) is 0 Å². The van der Waals surface area contributed by atoms with Crippen molar-refractivity contribution < 1.29 is 0 Å². The van der Waals surface area contributed by atoms with Gasteiger partial charge < -0.3 is 4.90 Å². The van der Waals surface area contributed by atoms with Crippen molar-refractivity contribution in [1.29, 1.82) is 0 Å². The van der Waals surface area contributed by atoms with Crippen LogP contribution in [-0.2, 0) is 16.2 Å². The summed E-state index contributed by atoms with van der Waals surface area (Å²) >= 11 is 0. The zero-order valence-electron chi connectivity index (χ0n) is 35.5. The molecular formula is C61H45N. The van der Waals surface area contributed by atoms with Crippen LogP contribution in [-0.4, -0.2) is 0 Å². The summed E-state index contributed by atoms with van der Waals surface area (Å²) < 4.78 is 0. The number of hydrogen-bond donors (Lipinski definition) is 0. The van der Waals surface area contributed by atoms with Crippen LogP contribution in [0, 0.1) is 0 Å². The molecule has 9 aromatic rings. The Kier molecular flexibility index (Phi) is 7.12. The highest BCUT2D eigenvalue weighted by molar-refractivity contribution is 6.03. The van der Waals surface area contributed by atoms with E-state index < -0.39 is 5.41 Å². The molecule has 0 atom stereocenters. The highest BCUT2D eigenvalue weighted by atomic mass is 15.2. The topological polar surface area (TPSA) is 3.24 Å². The Labute approximate surface area is 364 Å². The van der Waals surface area contributed by atoms with Gasteiger partial charge in [-0.2, -0.15) is 0 Å². The van der Waals surface area contributed by atoms with E-state index in [1.807, 2.05) is 0 Å². The minimum Gasteiger partial charge on any atom is -0.309 e. The van der Waals surface area contributed by atoms with Gasteiger partial charge in [-0.15, -0.1) is 0 Å². The molecule has 62 heavy (non-hydrogen) atoms. The highest BCUT2D eigenvalue weighted by Crippen LogP contribution is 2.65. The van der Waals surface area contributed by atoms with Gasteiger partial charge in [0.05, 0.1) is 16.8 Å². The van der Waals surface area contributed by atoms with Gasteiger partial charge in [0.1, 0.15) is 0 Å². The lowest BCUT2D eigenvalue weighted by Gasteiger charge is -2.39. The molecule has 0 fully saturated rings. The molecule has 0 bridgehead atoms. The summed E-state index contributed by atoms with van der Waals surface area (Å²) in [7, 11) is 0. The van der Waals surface area contributed by atoms with Gasteiger partial charge in [0.2, 0.25) is 0 Å². The molecule has 0 aliphatic heterocycles. The van der Waals surface area contributed by atoms with E-state index >= 15 is 0 Å². The second-order valence-electron chi connectivity index (χ2n) is 18.7. The van der Waals surface area contributed by atoms with E-state index in [4.69, 9.17) is 0 Å². The molecule has 0 saturated heterocycles. The fourth-order valence-corrected chi connectivity index (χ4v) is 12.4. The maximum atomic E-state index is 2.64. The van der Waals surface area contributed by atoms with E-state index in [1.54, 1.807) is 0 Å². The minimum absolute atomic E-state index is 0.157. The van der Waals surface area contributed by atoms with Crippen LogP contribution in [0.1, 0.15) is 72.2 Å².